The van der Waals surface area contributed by atoms with Gasteiger partial charge in [-0.2, -0.15) is 4.98 Å². The Morgan fingerprint density at radius 1 is 1.15 bits per heavy atom. The third-order valence-corrected chi connectivity index (χ3v) is 5.22. The molecule has 0 fully saturated rings. The van der Waals surface area contributed by atoms with Crippen LogP contribution in [0.2, 0.25) is 0 Å². The molecule has 2 aromatic carbocycles. The standard InChI is InChI=1S/C18H19N3O4S/c1-13-4-3-5-14(12-13)18-20-17(25-21-18)10-11-19-26(22,23)16-8-6-15(24-2)7-9-16/h3-9,12,19H,10-11H2,1-2H3. The van der Waals surface area contributed by atoms with Crippen LogP contribution in [0.4, 0.5) is 0 Å². The van der Waals surface area contributed by atoms with E-state index >= 15 is 0 Å². The molecule has 7 nitrogen and oxygen atoms in total. The lowest BCUT2D eigenvalue weighted by Crippen LogP contribution is -2.26. The third kappa shape index (κ3) is 4.27. The largest absolute Gasteiger partial charge is 0.497 e. The second kappa shape index (κ2) is 7.67. The van der Waals surface area contributed by atoms with Crippen molar-refractivity contribution >= 4 is 10.0 Å². The van der Waals surface area contributed by atoms with Crippen LogP contribution >= 0.6 is 0 Å². The summed E-state index contributed by atoms with van der Waals surface area (Å²) in [6.45, 7) is 2.14. The summed E-state index contributed by atoms with van der Waals surface area (Å²) < 4.78 is 37.3. The van der Waals surface area contributed by atoms with E-state index in [1.807, 2.05) is 31.2 Å². The fraction of sp³-hybridized carbons (Fsp3) is 0.222. The van der Waals surface area contributed by atoms with Gasteiger partial charge in [0.25, 0.3) is 0 Å². The summed E-state index contributed by atoms with van der Waals surface area (Å²) in [5, 5.41) is 3.94. The van der Waals surface area contributed by atoms with Gasteiger partial charge in [0.05, 0.1) is 12.0 Å². The zero-order chi connectivity index (χ0) is 18.6. The van der Waals surface area contributed by atoms with Gasteiger partial charge in [0.15, 0.2) is 0 Å². The highest BCUT2D eigenvalue weighted by atomic mass is 32.2. The number of hydrogen-bond donors (Lipinski definition) is 1. The SMILES string of the molecule is COc1ccc(S(=O)(=O)NCCc2nc(-c3cccc(C)c3)no2)cc1. The average molecular weight is 373 g/mol. The second-order valence-corrected chi connectivity index (χ2v) is 7.47. The minimum absolute atomic E-state index is 0.157. The molecule has 1 N–H and O–H groups in total. The predicted octanol–water partition coefficient (Wildman–Crippen LogP) is 2.57. The Balaban J connectivity index is 1.61. The number of aryl methyl sites for hydroxylation is 1. The van der Waals surface area contributed by atoms with E-state index in [1.54, 1.807) is 12.1 Å². The zero-order valence-electron chi connectivity index (χ0n) is 14.5. The number of sulfonamides is 1. The van der Waals surface area contributed by atoms with Crippen LogP contribution < -0.4 is 9.46 Å². The first-order valence-corrected chi connectivity index (χ1v) is 9.49. The van der Waals surface area contributed by atoms with Crippen molar-refractivity contribution in [3.8, 4) is 17.1 Å². The summed E-state index contributed by atoms with van der Waals surface area (Å²) in [4.78, 5) is 4.48. The highest BCUT2D eigenvalue weighted by molar-refractivity contribution is 7.89. The van der Waals surface area contributed by atoms with Gasteiger partial charge in [-0.1, -0.05) is 28.9 Å². The van der Waals surface area contributed by atoms with Crippen molar-refractivity contribution in [2.45, 2.75) is 18.2 Å². The first kappa shape index (κ1) is 18.1. The molecular formula is C18H19N3O4S. The molecule has 26 heavy (non-hydrogen) atoms. The molecule has 0 atom stereocenters. The maximum atomic E-state index is 12.3. The Morgan fingerprint density at radius 2 is 1.92 bits per heavy atom. The molecule has 3 rings (SSSR count). The molecular weight excluding hydrogens is 354 g/mol. The van der Waals surface area contributed by atoms with Gasteiger partial charge < -0.3 is 9.26 Å². The van der Waals surface area contributed by atoms with Crippen LogP contribution in [0.1, 0.15) is 11.5 Å². The molecule has 0 aliphatic carbocycles. The lowest BCUT2D eigenvalue weighted by Gasteiger charge is -2.06. The van der Waals surface area contributed by atoms with Crippen molar-refractivity contribution in [1.82, 2.24) is 14.9 Å². The van der Waals surface area contributed by atoms with E-state index in [9.17, 15) is 8.42 Å². The Hall–Kier alpha value is -2.71. The van der Waals surface area contributed by atoms with Crippen molar-refractivity contribution in [2.24, 2.45) is 0 Å². The van der Waals surface area contributed by atoms with Gasteiger partial charge in [-0.15, -0.1) is 0 Å². The normalized spacial score (nSPS) is 11.5. The maximum absolute atomic E-state index is 12.3. The Morgan fingerprint density at radius 3 is 2.62 bits per heavy atom. The molecule has 3 aromatic rings. The van der Waals surface area contributed by atoms with Gasteiger partial charge in [0.1, 0.15) is 5.75 Å². The van der Waals surface area contributed by atoms with E-state index in [-0.39, 0.29) is 11.4 Å². The van der Waals surface area contributed by atoms with Crippen LogP contribution in [-0.4, -0.2) is 32.2 Å². The number of ether oxygens (including phenoxy) is 1. The van der Waals surface area contributed by atoms with Crippen LogP contribution in [0.15, 0.2) is 57.9 Å². The third-order valence-electron chi connectivity index (χ3n) is 3.75. The number of benzene rings is 2. The number of aromatic nitrogens is 2. The lowest BCUT2D eigenvalue weighted by molar-refractivity contribution is 0.379. The minimum Gasteiger partial charge on any atom is -0.497 e. The van der Waals surface area contributed by atoms with E-state index in [2.05, 4.69) is 14.9 Å². The van der Waals surface area contributed by atoms with Crippen LogP contribution in [-0.2, 0) is 16.4 Å². The van der Waals surface area contributed by atoms with Gasteiger partial charge in [0.2, 0.25) is 21.7 Å². The molecule has 0 saturated carbocycles. The average Bonchev–Trinajstić information content (AvgIpc) is 3.10. The van der Waals surface area contributed by atoms with E-state index in [1.165, 1.54) is 19.2 Å². The van der Waals surface area contributed by atoms with E-state index in [4.69, 9.17) is 9.26 Å². The minimum atomic E-state index is -3.60. The smallest absolute Gasteiger partial charge is 0.240 e. The van der Waals surface area contributed by atoms with Crippen LogP contribution in [0.5, 0.6) is 5.75 Å². The molecule has 136 valence electrons. The molecule has 0 saturated heterocycles. The molecule has 0 bridgehead atoms. The van der Waals surface area contributed by atoms with Crippen LogP contribution in [0.3, 0.4) is 0 Å². The number of methoxy groups -OCH3 is 1. The number of nitrogens with one attached hydrogen (secondary N) is 1. The monoisotopic (exact) mass is 373 g/mol. The summed E-state index contributed by atoms with van der Waals surface area (Å²) in [6, 6.07) is 13.9. The Bertz CT molecular complexity index is 982. The Labute approximate surface area is 152 Å². The van der Waals surface area contributed by atoms with E-state index in [0.717, 1.165) is 11.1 Å². The second-order valence-electron chi connectivity index (χ2n) is 5.70. The summed E-state index contributed by atoms with van der Waals surface area (Å²) in [6.07, 6.45) is 0.300. The van der Waals surface area contributed by atoms with Gasteiger partial charge in [-0.25, -0.2) is 13.1 Å². The topological polar surface area (TPSA) is 94.3 Å². The predicted molar refractivity (Wildman–Crippen MR) is 96.4 cm³/mol. The van der Waals surface area contributed by atoms with Crippen molar-refractivity contribution in [1.29, 1.82) is 0 Å². The van der Waals surface area contributed by atoms with Gasteiger partial charge in [0, 0.05) is 18.5 Å². The van der Waals surface area contributed by atoms with Crippen LogP contribution in [0, 0.1) is 6.92 Å². The molecule has 0 aliphatic rings. The van der Waals surface area contributed by atoms with E-state index < -0.39 is 10.0 Å². The molecule has 0 aliphatic heterocycles. The molecule has 1 aromatic heterocycles. The molecule has 0 spiro atoms. The van der Waals surface area contributed by atoms with Gasteiger partial charge >= 0.3 is 0 Å². The number of hydrogen-bond acceptors (Lipinski definition) is 6. The molecule has 8 heteroatoms. The summed E-state index contributed by atoms with van der Waals surface area (Å²) in [5.41, 5.74) is 1.96. The zero-order valence-corrected chi connectivity index (χ0v) is 15.3. The van der Waals surface area contributed by atoms with Crippen molar-refractivity contribution < 1.29 is 17.7 Å². The van der Waals surface area contributed by atoms with Crippen molar-refractivity contribution in [2.75, 3.05) is 13.7 Å². The molecule has 0 amide bonds. The molecule has 0 unspecified atom stereocenters. The highest BCUT2D eigenvalue weighted by Crippen LogP contribution is 2.17. The molecule has 0 radical (unpaired) electrons. The summed E-state index contributed by atoms with van der Waals surface area (Å²) in [5.74, 6) is 1.46. The summed E-state index contributed by atoms with van der Waals surface area (Å²) >= 11 is 0. The maximum Gasteiger partial charge on any atom is 0.240 e. The fourth-order valence-electron chi connectivity index (χ4n) is 2.39. The van der Waals surface area contributed by atoms with Crippen molar-refractivity contribution in [3.63, 3.8) is 0 Å². The number of rotatable bonds is 7. The Kier molecular flexibility index (Phi) is 5.34. The first-order chi connectivity index (χ1) is 12.5. The highest BCUT2D eigenvalue weighted by Gasteiger charge is 2.15. The fourth-order valence-corrected chi connectivity index (χ4v) is 3.42. The quantitative estimate of drug-likeness (QED) is 0.684. The van der Waals surface area contributed by atoms with Gasteiger partial charge in [-0.05, 0) is 37.3 Å². The van der Waals surface area contributed by atoms with Gasteiger partial charge in [-0.3, -0.25) is 0 Å². The first-order valence-electron chi connectivity index (χ1n) is 8.01. The number of nitrogens with zero attached hydrogens (tertiary/aromatic N) is 2. The lowest BCUT2D eigenvalue weighted by atomic mass is 10.1. The summed E-state index contributed by atoms with van der Waals surface area (Å²) in [7, 11) is -2.08. The van der Waals surface area contributed by atoms with Crippen LogP contribution in [0.25, 0.3) is 11.4 Å². The molecule has 1 heterocycles. The van der Waals surface area contributed by atoms with E-state index in [0.29, 0.717) is 23.9 Å². The van der Waals surface area contributed by atoms with Crippen molar-refractivity contribution in [3.05, 3.63) is 60.0 Å².